The highest BCUT2D eigenvalue weighted by Crippen LogP contribution is 2.66. The van der Waals surface area contributed by atoms with Gasteiger partial charge in [0.2, 0.25) is 5.02 Å². The summed E-state index contributed by atoms with van der Waals surface area (Å²) in [5.41, 5.74) is 4.67. The van der Waals surface area contributed by atoms with Crippen LogP contribution in [0.2, 0.25) is 0 Å². The van der Waals surface area contributed by atoms with Crippen molar-refractivity contribution in [2.45, 2.75) is 5.02 Å². The number of hydrogen-bond donors (Lipinski definition) is 6. The summed E-state index contributed by atoms with van der Waals surface area (Å²) in [6.45, 7) is 0. The first-order valence-electron chi connectivity index (χ1n) is 3.06. The molecule has 0 atom stereocenters. The molecule has 0 rings (SSSR count). The van der Waals surface area contributed by atoms with Gasteiger partial charge in [0.15, 0.2) is 0 Å². The lowest BCUT2D eigenvalue weighted by Gasteiger charge is -2.28. The average molecular weight is 285 g/mol. The fourth-order valence-electron chi connectivity index (χ4n) is 0.606. The molecular weight excluding hydrogens is 276 g/mol. The Balaban J connectivity index is 5.67. The smallest absolute Gasteiger partial charge is 0.323 e. The third-order valence-corrected chi connectivity index (χ3v) is 6.55. The molecule has 7 N–H and O–H groups in total. The fraction of sp³-hybridized carbons (Fsp3) is 1.00. The van der Waals surface area contributed by atoms with Crippen LogP contribution in [0.3, 0.4) is 0 Å². The highest BCUT2D eigenvalue weighted by atomic mass is 32.2. The highest BCUT2D eigenvalue weighted by Gasteiger charge is 2.59. The van der Waals surface area contributed by atoms with Crippen LogP contribution in [-0.2, 0) is 19.2 Å². The van der Waals surface area contributed by atoms with Gasteiger partial charge in [-0.2, -0.15) is 8.42 Å². The monoisotopic (exact) mass is 285 g/mol. The average Bonchev–Trinajstić information content (AvgIpc) is 1.77. The predicted molar refractivity (Wildman–Crippen MR) is 47.4 cm³/mol. The molecular formula is C2H9NO9P2S. The molecule has 0 aliphatic carbocycles. The van der Waals surface area contributed by atoms with Crippen LogP contribution in [0.4, 0.5) is 0 Å². The minimum Gasteiger partial charge on any atom is -0.323 e. The molecule has 0 aliphatic rings. The molecule has 0 unspecified atom stereocenters. The van der Waals surface area contributed by atoms with Gasteiger partial charge >= 0.3 is 15.2 Å². The van der Waals surface area contributed by atoms with Gasteiger partial charge < -0.3 is 25.3 Å². The van der Waals surface area contributed by atoms with Crippen LogP contribution in [0.1, 0.15) is 0 Å². The van der Waals surface area contributed by atoms with Gasteiger partial charge in [0.1, 0.15) is 5.75 Å². The van der Waals surface area contributed by atoms with Gasteiger partial charge in [0, 0.05) is 0 Å². The van der Waals surface area contributed by atoms with E-state index in [1.165, 1.54) is 0 Å². The van der Waals surface area contributed by atoms with Crippen molar-refractivity contribution in [1.82, 2.24) is 0 Å². The van der Waals surface area contributed by atoms with Crippen molar-refractivity contribution in [1.29, 1.82) is 0 Å². The van der Waals surface area contributed by atoms with Gasteiger partial charge in [0.25, 0.3) is 10.1 Å². The molecule has 15 heavy (non-hydrogen) atoms. The summed E-state index contributed by atoms with van der Waals surface area (Å²) in [5, 5.41) is -3.65. The molecule has 0 aromatic carbocycles. The van der Waals surface area contributed by atoms with E-state index in [-0.39, 0.29) is 0 Å². The topological polar surface area (TPSA) is 195 Å². The molecule has 0 heterocycles. The SMILES string of the molecule is NC(CS(=O)(=O)O)(P(=O)(O)O)P(=O)(O)O. The lowest BCUT2D eigenvalue weighted by atomic mass is 10.8. The minimum atomic E-state index is -5.63. The van der Waals surface area contributed by atoms with E-state index in [9.17, 15) is 17.5 Å². The Morgan fingerprint density at radius 2 is 1.33 bits per heavy atom. The Kier molecular flexibility index (Phi) is 3.92. The molecule has 92 valence electrons. The molecule has 10 nitrogen and oxygen atoms in total. The zero-order valence-electron chi connectivity index (χ0n) is 6.96. The Labute approximate surface area is 84.2 Å². The van der Waals surface area contributed by atoms with Crippen molar-refractivity contribution >= 4 is 25.3 Å². The van der Waals surface area contributed by atoms with E-state index < -0.39 is 36.1 Å². The summed E-state index contributed by atoms with van der Waals surface area (Å²) in [7, 11) is -16.3. The molecule has 13 heteroatoms. The van der Waals surface area contributed by atoms with Crippen LogP contribution in [0.25, 0.3) is 0 Å². The molecule has 0 saturated heterocycles. The third-order valence-electron chi connectivity index (χ3n) is 1.40. The lowest BCUT2D eigenvalue weighted by molar-refractivity contribution is 0.312. The maximum absolute atomic E-state index is 10.7. The summed E-state index contributed by atoms with van der Waals surface area (Å²) in [6.07, 6.45) is 0. The van der Waals surface area contributed by atoms with E-state index in [2.05, 4.69) is 5.73 Å². The van der Waals surface area contributed by atoms with Gasteiger partial charge in [0.05, 0.1) is 0 Å². The van der Waals surface area contributed by atoms with Gasteiger partial charge in [-0.1, -0.05) is 0 Å². The van der Waals surface area contributed by atoms with Gasteiger partial charge in [-0.05, 0) is 0 Å². The van der Waals surface area contributed by atoms with E-state index >= 15 is 0 Å². The van der Waals surface area contributed by atoms with Crippen molar-refractivity contribution in [3.63, 3.8) is 0 Å². The molecule has 0 saturated carbocycles. The molecule has 0 bridgehead atoms. The van der Waals surface area contributed by atoms with Crippen LogP contribution in [0.5, 0.6) is 0 Å². The Hall–Kier alpha value is 0.170. The predicted octanol–water partition coefficient (Wildman–Crippen LogP) is -2.16. The van der Waals surface area contributed by atoms with Crippen molar-refractivity contribution in [3.8, 4) is 0 Å². The van der Waals surface area contributed by atoms with Crippen molar-refractivity contribution in [2.75, 3.05) is 5.75 Å². The highest BCUT2D eigenvalue weighted by molar-refractivity contribution is 7.87. The normalized spacial score (nSPS) is 15.3. The molecule has 0 spiro atoms. The van der Waals surface area contributed by atoms with E-state index in [4.69, 9.17) is 24.1 Å². The van der Waals surface area contributed by atoms with E-state index in [0.29, 0.717) is 0 Å². The zero-order chi connectivity index (χ0) is 12.7. The number of rotatable bonds is 4. The third kappa shape index (κ3) is 3.59. The van der Waals surface area contributed by atoms with Crippen LogP contribution in [0, 0.1) is 0 Å². The Morgan fingerprint density at radius 3 is 1.40 bits per heavy atom. The van der Waals surface area contributed by atoms with Crippen LogP contribution < -0.4 is 5.73 Å². The van der Waals surface area contributed by atoms with Crippen molar-refractivity contribution in [2.24, 2.45) is 5.73 Å². The summed E-state index contributed by atoms with van der Waals surface area (Å²) < 4.78 is 50.3. The molecule has 0 radical (unpaired) electrons. The number of hydrogen-bond acceptors (Lipinski definition) is 5. The summed E-state index contributed by atoms with van der Waals surface area (Å²) >= 11 is 0. The van der Waals surface area contributed by atoms with Gasteiger partial charge in [-0.25, -0.2) is 0 Å². The van der Waals surface area contributed by atoms with Gasteiger partial charge in [-0.3, -0.25) is 13.7 Å². The second-order valence-corrected chi connectivity index (χ2v) is 8.27. The van der Waals surface area contributed by atoms with E-state index in [0.717, 1.165) is 0 Å². The zero-order valence-corrected chi connectivity index (χ0v) is 9.56. The summed E-state index contributed by atoms with van der Waals surface area (Å²) in [5.74, 6) is -1.95. The van der Waals surface area contributed by atoms with Crippen molar-refractivity contribution < 1.29 is 41.7 Å². The first kappa shape index (κ1) is 15.2. The van der Waals surface area contributed by atoms with E-state index in [1.54, 1.807) is 0 Å². The number of nitrogens with two attached hydrogens (primary N) is 1. The maximum atomic E-state index is 10.7. The lowest BCUT2D eigenvalue weighted by Crippen LogP contribution is -2.45. The molecule has 0 aromatic rings. The van der Waals surface area contributed by atoms with Gasteiger partial charge in [-0.15, -0.1) is 0 Å². The fourth-order valence-corrected chi connectivity index (χ4v) is 4.83. The molecule has 0 fully saturated rings. The first-order valence-corrected chi connectivity index (χ1v) is 7.89. The first-order chi connectivity index (χ1) is 6.21. The van der Waals surface area contributed by atoms with Crippen molar-refractivity contribution in [3.05, 3.63) is 0 Å². The Morgan fingerprint density at radius 1 is 1.07 bits per heavy atom. The van der Waals surface area contributed by atoms with Crippen LogP contribution in [0.15, 0.2) is 0 Å². The molecule has 0 aromatic heterocycles. The quantitative estimate of drug-likeness (QED) is 0.244. The maximum Gasteiger partial charge on any atom is 0.358 e. The standard InChI is InChI=1S/C2H9NO9P2S/c3-2(13(4,5)6,14(7,8)9)1-15(10,11)12/h1,3H2,(H2,4,5,6)(H2,7,8,9)(H,10,11,12). The van der Waals surface area contributed by atoms with Crippen LogP contribution >= 0.6 is 15.2 Å². The summed E-state index contributed by atoms with van der Waals surface area (Å²) in [4.78, 5) is 34.2. The Bertz CT molecular complexity index is 405. The summed E-state index contributed by atoms with van der Waals surface area (Å²) in [6, 6.07) is 0. The second-order valence-electron chi connectivity index (χ2n) is 2.69. The minimum absolute atomic E-state index is 1.95. The van der Waals surface area contributed by atoms with Crippen LogP contribution in [-0.4, -0.2) is 43.3 Å². The molecule has 0 aliphatic heterocycles. The largest absolute Gasteiger partial charge is 0.358 e. The second kappa shape index (κ2) is 3.88. The van der Waals surface area contributed by atoms with E-state index in [1.807, 2.05) is 0 Å². The molecule has 0 amide bonds.